The third kappa shape index (κ3) is 3.42. The molecule has 2 heterocycles. The van der Waals surface area contributed by atoms with Crippen LogP contribution in [-0.2, 0) is 28.2 Å². The molecule has 118 valence electrons. The van der Waals surface area contributed by atoms with E-state index in [2.05, 4.69) is 0 Å². The fourth-order valence-electron chi connectivity index (χ4n) is 2.33. The minimum Gasteiger partial charge on any atom is -0.362 e. The molecule has 0 bridgehead atoms. The molecule has 8 heteroatoms. The largest absolute Gasteiger partial charge is 0.362 e. The molecule has 0 aromatic carbocycles. The Balaban J connectivity index is 1.97. The zero-order valence-electron chi connectivity index (χ0n) is 12.4. The Morgan fingerprint density at radius 1 is 1.30 bits per heavy atom. The van der Waals surface area contributed by atoms with Crippen LogP contribution in [0.3, 0.4) is 0 Å². The van der Waals surface area contributed by atoms with E-state index in [4.69, 9.17) is 23.7 Å². The first kappa shape index (κ1) is 16.4. The lowest BCUT2D eigenvalue weighted by Gasteiger charge is -2.24. The van der Waals surface area contributed by atoms with Crippen LogP contribution in [0, 0.1) is 0 Å². The van der Waals surface area contributed by atoms with Gasteiger partial charge in [-0.05, 0) is 27.2 Å². The van der Waals surface area contributed by atoms with Gasteiger partial charge >= 0.3 is 0 Å². The van der Waals surface area contributed by atoms with Crippen molar-refractivity contribution < 1.29 is 33.4 Å². The molecule has 5 atom stereocenters. The monoisotopic (exact) mass is 310 g/mol. The zero-order valence-corrected chi connectivity index (χ0v) is 13.3. The second-order valence-electron chi connectivity index (χ2n) is 5.94. The smallest absolute Gasteiger partial charge is 0.208 e. The number of methoxy groups -OCH3 is 1. The van der Waals surface area contributed by atoms with E-state index >= 15 is 0 Å². The van der Waals surface area contributed by atoms with Gasteiger partial charge < -0.3 is 33.4 Å². The van der Waals surface area contributed by atoms with Gasteiger partial charge in [-0.3, -0.25) is 0 Å². The minimum absolute atomic E-state index is 0.0628. The van der Waals surface area contributed by atoms with Gasteiger partial charge in [-0.1, -0.05) is 0 Å². The second kappa shape index (κ2) is 5.65. The topological polar surface area (TPSA) is 83.5 Å². The average molecular weight is 310 g/mol. The predicted molar refractivity (Wildman–Crippen MR) is 70.9 cm³/mol. The van der Waals surface area contributed by atoms with Crippen molar-refractivity contribution in [1.29, 1.82) is 0 Å². The number of hydrogen-bond acceptors (Lipinski definition) is 7. The first-order chi connectivity index (χ1) is 9.14. The highest BCUT2D eigenvalue weighted by Gasteiger charge is 2.55. The quantitative estimate of drug-likeness (QED) is 0.594. The van der Waals surface area contributed by atoms with E-state index in [1.807, 2.05) is 13.8 Å². The van der Waals surface area contributed by atoms with E-state index in [1.165, 1.54) is 20.4 Å². The van der Waals surface area contributed by atoms with Crippen LogP contribution in [0.1, 0.15) is 13.8 Å². The van der Waals surface area contributed by atoms with Crippen LogP contribution >= 0.6 is 7.14 Å². The lowest BCUT2D eigenvalue weighted by atomic mass is 10.1. The fourth-order valence-corrected chi connectivity index (χ4v) is 2.77. The summed E-state index contributed by atoms with van der Waals surface area (Å²) >= 11 is 0. The Bertz CT molecular complexity index is 393. The molecule has 1 N–H and O–H groups in total. The SMILES string of the molecule is COC1O[C@H](COC(O)P(C)(C)=O)[C@H]2OC(C)(C)O[C@@H]12. The summed E-state index contributed by atoms with van der Waals surface area (Å²) in [4.78, 5) is 0. The Hall–Kier alpha value is -0.0100. The summed E-state index contributed by atoms with van der Waals surface area (Å²) in [5.41, 5.74) is 0. The third-order valence-corrected chi connectivity index (χ3v) is 4.49. The molecule has 0 radical (unpaired) electrons. The van der Waals surface area contributed by atoms with E-state index in [1.54, 1.807) is 0 Å². The van der Waals surface area contributed by atoms with Crippen LogP contribution in [0.2, 0.25) is 0 Å². The predicted octanol–water partition coefficient (Wildman–Crippen LogP) is 0.793. The third-order valence-electron chi connectivity index (χ3n) is 3.28. The lowest BCUT2D eigenvalue weighted by Crippen LogP contribution is -2.34. The van der Waals surface area contributed by atoms with Crippen LogP contribution < -0.4 is 0 Å². The number of ether oxygens (including phenoxy) is 5. The highest BCUT2D eigenvalue weighted by atomic mass is 31.2. The molecule has 7 nitrogen and oxygen atoms in total. The van der Waals surface area contributed by atoms with Crippen LogP contribution in [-0.4, -0.2) is 68.6 Å². The molecule has 0 amide bonds. The maximum absolute atomic E-state index is 11.7. The van der Waals surface area contributed by atoms with Crippen molar-refractivity contribution in [3.8, 4) is 0 Å². The molecule has 0 spiro atoms. The second-order valence-corrected chi connectivity index (χ2v) is 9.25. The van der Waals surface area contributed by atoms with Gasteiger partial charge in [-0.2, -0.15) is 0 Å². The molecule has 2 aliphatic heterocycles. The number of aliphatic hydroxyl groups is 1. The molecule has 0 aromatic rings. The molecule has 2 fully saturated rings. The van der Waals surface area contributed by atoms with Gasteiger partial charge in [0.15, 0.2) is 12.1 Å². The van der Waals surface area contributed by atoms with E-state index in [9.17, 15) is 9.67 Å². The van der Waals surface area contributed by atoms with Gasteiger partial charge in [0.05, 0.1) is 6.61 Å². The summed E-state index contributed by atoms with van der Waals surface area (Å²) in [6.45, 7) is 6.62. The number of fused-ring (bicyclic) bond motifs is 1. The van der Waals surface area contributed by atoms with Gasteiger partial charge in [-0.25, -0.2) is 0 Å². The standard InChI is InChI=1S/C12H23O7P/c1-12(2)18-8-7(6-16-11(13)20(4,5)14)17-10(15-3)9(8)19-12/h7-11,13H,6H2,1-5H3/t7-,8-,9-,10?,11?/m1/s1. The molecule has 20 heavy (non-hydrogen) atoms. The van der Waals surface area contributed by atoms with Gasteiger partial charge in [0.1, 0.15) is 25.5 Å². The molecule has 2 saturated heterocycles. The van der Waals surface area contributed by atoms with E-state index in [0.717, 1.165) is 0 Å². The van der Waals surface area contributed by atoms with Crippen LogP contribution in [0.25, 0.3) is 0 Å². The summed E-state index contributed by atoms with van der Waals surface area (Å²) in [7, 11) is -1.19. The van der Waals surface area contributed by atoms with E-state index in [0.29, 0.717) is 0 Å². The highest BCUT2D eigenvalue weighted by molar-refractivity contribution is 7.62. The number of hydrogen-bond donors (Lipinski definition) is 1. The number of aliphatic hydroxyl groups excluding tert-OH is 1. The Kier molecular flexibility index (Phi) is 4.62. The Morgan fingerprint density at radius 3 is 2.45 bits per heavy atom. The molecule has 2 unspecified atom stereocenters. The summed E-state index contributed by atoms with van der Waals surface area (Å²) < 4.78 is 39.3. The zero-order chi connectivity index (χ0) is 15.1. The van der Waals surface area contributed by atoms with Crippen LogP contribution in [0.15, 0.2) is 0 Å². The van der Waals surface area contributed by atoms with Gasteiger partial charge in [0.2, 0.25) is 6.03 Å². The number of rotatable bonds is 5. The fraction of sp³-hybridized carbons (Fsp3) is 1.00. The van der Waals surface area contributed by atoms with Crippen molar-refractivity contribution in [2.24, 2.45) is 0 Å². The van der Waals surface area contributed by atoms with Crippen molar-refractivity contribution in [2.75, 3.05) is 27.0 Å². The molecule has 0 saturated carbocycles. The molecule has 2 rings (SSSR count). The Labute approximate surface area is 118 Å². The average Bonchev–Trinajstić information content (AvgIpc) is 2.78. The summed E-state index contributed by atoms with van der Waals surface area (Å²) in [6.07, 6.45) is -1.65. The van der Waals surface area contributed by atoms with Crippen LogP contribution in [0.5, 0.6) is 0 Å². The normalized spacial score (nSPS) is 37.9. The van der Waals surface area contributed by atoms with Crippen molar-refractivity contribution >= 4 is 7.14 Å². The molecule has 0 aromatic heterocycles. The van der Waals surface area contributed by atoms with Crippen molar-refractivity contribution in [1.82, 2.24) is 0 Å². The maximum Gasteiger partial charge on any atom is 0.208 e. The molecule has 2 aliphatic rings. The highest BCUT2D eigenvalue weighted by Crippen LogP contribution is 2.43. The van der Waals surface area contributed by atoms with Gasteiger partial charge in [0, 0.05) is 7.11 Å². The molecular weight excluding hydrogens is 287 g/mol. The summed E-state index contributed by atoms with van der Waals surface area (Å²) in [5, 5.41) is 9.67. The van der Waals surface area contributed by atoms with Gasteiger partial charge in [-0.15, -0.1) is 0 Å². The minimum atomic E-state index is -2.71. The lowest BCUT2D eigenvalue weighted by molar-refractivity contribution is -0.234. The molecular formula is C12H23O7P. The summed E-state index contributed by atoms with van der Waals surface area (Å²) in [6, 6.07) is -1.30. The van der Waals surface area contributed by atoms with E-state index in [-0.39, 0.29) is 18.8 Å². The summed E-state index contributed by atoms with van der Waals surface area (Å²) in [5.74, 6) is -0.711. The first-order valence-electron chi connectivity index (χ1n) is 6.52. The van der Waals surface area contributed by atoms with Crippen LogP contribution in [0.4, 0.5) is 0 Å². The van der Waals surface area contributed by atoms with E-state index < -0.39 is 31.4 Å². The first-order valence-corrected chi connectivity index (χ1v) is 9.19. The van der Waals surface area contributed by atoms with Crippen molar-refractivity contribution in [3.05, 3.63) is 0 Å². The van der Waals surface area contributed by atoms with Crippen molar-refractivity contribution in [3.63, 3.8) is 0 Å². The molecule has 0 aliphatic carbocycles. The van der Waals surface area contributed by atoms with Crippen molar-refractivity contribution in [2.45, 2.75) is 50.3 Å². The van der Waals surface area contributed by atoms with Gasteiger partial charge in [0.25, 0.3) is 0 Å². The Morgan fingerprint density at radius 2 is 1.90 bits per heavy atom. The maximum atomic E-state index is 11.7.